The van der Waals surface area contributed by atoms with Crippen LogP contribution in [0.5, 0.6) is 0 Å². The molecule has 0 fully saturated rings. The van der Waals surface area contributed by atoms with Crippen molar-refractivity contribution in [1.82, 2.24) is 0 Å². The molecule has 78 valence electrons. The predicted molar refractivity (Wildman–Crippen MR) is 60.0 cm³/mol. The van der Waals surface area contributed by atoms with E-state index in [2.05, 4.69) is 5.92 Å². The zero-order valence-corrected chi connectivity index (χ0v) is 9.34. The highest BCUT2D eigenvalue weighted by Gasteiger charge is 2.21. The van der Waals surface area contributed by atoms with Crippen molar-refractivity contribution in [3.63, 3.8) is 0 Å². The summed E-state index contributed by atoms with van der Waals surface area (Å²) in [4.78, 5) is 10.6. The zero-order chi connectivity index (χ0) is 11.7. The summed E-state index contributed by atoms with van der Waals surface area (Å²) in [6.07, 6.45) is 5.40. The zero-order valence-electron chi connectivity index (χ0n) is 9.34. The number of hydrogen-bond donors (Lipinski definition) is 0. The van der Waals surface area contributed by atoms with E-state index in [9.17, 15) is 10.1 Å². The minimum absolute atomic E-state index is 0.184. The smallest absolute Gasteiger partial charge is 0.258 e. The van der Waals surface area contributed by atoms with Crippen LogP contribution in [-0.4, -0.2) is 4.92 Å². The summed E-state index contributed by atoms with van der Waals surface area (Å²) in [5.41, 5.74) is 3.94. The fraction of sp³-hybridized carbons (Fsp3) is 0.333. The number of nitrogens with zero attached hydrogens (tertiary/aromatic N) is 1. The number of nitro benzene ring substituents is 1. The van der Waals surface area contributed by atoms with Gasteiger partial charge in [0, 0.05) is 16.7 Å². The van der Waals surface area contributed by atoms with Gasteiger partial charge in [-0.05, 0) is 38.8 Å². The molecule has 0 heterocycles. The Labute approximate surface area is 89.3 Å². The van der Waals surface area contributed by atoms with Crippen LogP contribution in [0, 0.1) is 50.2 Å². The van der Waals surface area contributed by atoms with Crippen LogP contribution in [0.3, 0.4) is 0 Å². The monoisotopic (exact) mass is 203 g/mol. The molecule has 0 spiro atoms. The second kappa shape index (κ2) is 3.74. The minimum atomic E-state index is -0.342. The topological polar surface area (TPSA) is 43.1 Å². The summed E-state index contributed by atoms with van der Waals surface area (Å²) in [5.74, 6) is 2.59. The van der Waals surface area contributed by atoms with Gasteiger partial charge in [0.2, 0.25) is 0 Å². The lowest BCUT2D eigenvalue weighted by Gasteiger charge is -2.11. The fourth-order valence-electron chi connectivity index (χ4n) is 1.78. The van der Waals surface area contributed by atoms with Crippen LogP contribution in [0.15, 0.2) is 0 Å². The molecular formula is C12H13NO2. The van der Waals surface area contributed by atoms with Crippen LogP contribution in [-0.2, 0) is 0 Å². The second-order valence-corrected chi connectivity index (χ2v) is 3.63. The van der Waals surface area contributed by atoms with Crippen molar-refractivity contribution >= 4 is 5.69 Å². The molecule has 0 radical (unpaired) electrons. The van der Waals surface area contributed by atoms with Gasteiger partial charge >= 0.3 is 0 Å². The summed E-state index contributed by atoms with van der Waals surface area (Å²) < 4.78 is 0. The van der Waals surface area contributed by atoms with Crippen molar-refractivity contribution < 1.29 is 4.92 Å². The van der Waals surface area contributed by atoms with Crippen LogP contribution in [0.25, 0.3) is 0 Å². The summed E-state index contributed by atoms with van der Waals surface area (Å²) in [6, 6.07) is 0. The molecule has 0 unspecified atom stereocenters. The Balaban J connectivity index is 3.76. The molecule has 0 saturated heterocycles. The Morgan fingerprint density at radius 3 is 1.73 bits per heavy atom. The van der Waals surface area contributed by atoms with Crippen molar-refractivity contribution in [2.75, 3.05) is 0 Å². The molecule has 0 saturated carbocycles. The molecule has 1 aromatic rings. The van der Waals surface area contributed by atoms with Crippen LogP contribution in [0.4, 0.5) is 5.69 Å². The van der Waals surface area contributed by atoms with Gasteiger partial charge in [-0.2, -0.15) is 0 Å². The third kappa shape index (κ3) is 1.59. The molecule has 0 N–H and O–H groups in total. The maximum absolute atomic E-state index is 10.9. The summed E-state index contributed by atoms with van der Waals surface area (Å²) in [5, 5.41) is 10.9. The average molecular weight is 203 g/mol. The molecule has 3 heteroatoms. The van der Waals surface area contributed by atoms with Crippen molar-refractivity contribution in [1.29, 1.82) is 0 Å². The van der Waals surface area contributed by atoms with Gasteiger partial charge in [0.15, 0.2) is 0 Å². The van der Waals surface area contributed by atoms with E-state index < -0.39 is 0 Å². The first-order valence-electron chi connectivity index (χ1n) is 4.63. The molecule has 15 heavy (non-hydrogen) atoms. The maximum atomic E-state index is 10.9. The molecule has 0 aliphatic rings. The van der Waals surface area contributed by atoms with Crippen molar-refractivity contribution in [3.05, 3.63) is 37.9 Å². The van der Waals surface area contributed by atoms with Crippen molar-refractivity contribution in [2.24, 2.45) is 0 Å². The third-order valence-corrected chi connectivity index (χ3v) is 2.91. The van der Waals surface area contributed by atoms with Gasteiger partial charge in [-0.25, -0.2) is 0 Å². The maximum Gasteiger partial charge on any atom is 0.275 e. The standard InChI is InChI=1S/C12H13NO2/c1-6-11-7(2)9(4)12(13(14)15)10(5)8(11)3/h1H,2-5H3. The number of nitro groups is 1. The van der Waals surface area contributed by atoms with Crippen LogP contribution in [0.2, 0.25) is 0 Å². The predicted octanol–water partition coefficient (Wildman–Crippen LogP) is 2.81. The average Bonchev–Trinajstić information content (AvgIpc) is 2.16. The summed E-state index contributed by atoms with van der Waals surface area (Å²) >= 11 is 0. The van der Waals surface area contributed by atoms with Crippen molar-refractivity contribution in [3.8, 4) is 12.3 Å². The van der Waals surface area contributed by atoms with Gasteiger partial charge in [0.1, 0.15) is 0 Å². The van der Waals surface area contributed by atoms with E-state index in [0.29, 0.717) is 11.1 Å². The van der Waals surface area contributed by atoms with E-state index in [1.54, 1.807) is 13.8 Å². The fourth-order valence-corrected chi connectivity index (χ4v) is 1.78. The van der Waals surface area contributed by atoms with Crippen LogP contribution < -0.4 is 0 Å². The Morgan fingerprint density at radius 2 is 1.47 bits per heavy atom. The van der Waals surface area contributed by atoms with Gasteiger partial charge in [-0.3, -0.25) is 10.1 Å². The van der Waals surface area contributed by atoms with E-state index in [-0.39, 0.29) is 10.6 Å². The molecule has 3 nitrogen and oxygen atoms in total. The van der Waals surface area contributed by atoms with Crippen LogP contribution in [0.1, 0.15) is 27.8 Å². The Bertz CT molecular complexity index is 452. The number of terminal acetylenes is 1. The first-order chi connectivity index (χ1) is 6.91. The first kappa shape index (κ1) is 11.3. The molecule has 0 aromatic heterocycles. The minimum Gasteiger partial charge on any atom is -0.258 e. The number of benzene rings is 1. The highest BCUT2D eigenvalue weighted by molar-refractivity contribution is 5.62. The Kier molecular flexibility index (Phi) is 2.81. The Morgan fingerprint density at radius 1 is 1.07 bits per heavy atom. The summed E-state index contributed by atoms with van der Waals surface area (Å²) in [6.45, 7) is 7.12. The van der Waals surface area contributed by atoms with Crippen LogP contribution >= 0.6 is 0 Å². The highest BCUT2D eigenvalue weighted by atomic mass is 16.6. The van der Waals surface area contributed by atoms with E-state index in [1.807, 2.05) is 13.8 Å². The normalized spacial score (nSPS) is 9.80. The quantitative estimate of drug-likeness (QED) is 0.400. The van der Waals surface area contributed by atoms with E-state index in [1.165, 1.54) is 0 Å². The lowest BCUT2D eigenvalue weighted by atomic mass is 9.92. The SMILES string of the molecule is C#Cc1c(C)c(C)c([N+](=O)[O-])c(C)c1C. The van der Waals surface area contributed by atoms with Gasteiger partial charge in [0.25, 0.3) is 5.69 Å². The van der Waals surface area contributed by atoms with Gasteiger partial charge in [0.05, 0.1) is 4.92 Å². The summed E-state index contributed by atoms with van der Waals surface area (Å²) in [7, 11) is 0. The van der Waals surface area contributed by atoms with E-state index in [4.69, 9.17) is 6.42 Å². The number of hydrogen-bond acceptors (Lipinski definition) is 2. The lowest BCUT2D eigenvalue weighted by Crippen LogP contribution is -2.03. The largest absolute Gasteiger partial charge is 0.275 e. The molecule has 0 bridgehead atoms. The number of rotatable bonds is 1. The van der Waals surface area contributed by atoms with Gasteiger partial charge in [-0.15, -0.1) is 6.42 Å². The van der Waals surface area contributed by atoms with Gasteiger partial charge < -0.3 is 0 Å². The highest BCUT2D eigenvalue weighted by Crippen LogP contribution is 2.31. The lowest BCUT2D eigenvalue weighted by molar-refractivity contribution is -0.386. The second-order valence-electron chi connectivity index (χ2n) is 3.63. The molecule has 1 aromatic carbocycles. The molecule has 0 amide bonds. The molecule has 0 aliphatic heterocycles. The van der Waals surface area contributed by atoms with E-state index in [0.717, 1.165) is 16.7 Å². The Hall–Kier alpha value is -1.82. The molecule has 1 rings (SSSR count). The molecular weight excluding hydrogens is 190 g/mol. The third-order valence-electron chi connectivity index (χ3n) is 2.91. The molecule has 0 aliphatic carbocycles. The first-order valence-corrected chi connectivity index (χ1v) is 4.63. The van der Waals surface area contributed by atoms with Crippen molar-refractivity contribution in [2.45, 2.75) is 27.7 Å². The van der Waals surface area contributed by atoms with E-state index >= 15 is 0 Å². The van der Waals surface area contributed by atoms with Gasteiger partial charge in [-0.1, -0.05) is 5.92 Å². The molecule has 0 atom stereocenters.